The van der Waals surface area contributed by atoms with Crippen LogP contribution < -0.4 is 5.32 Å². The second kappa shape index (κ2) is 11.6. The average Bonchev–Trinajstić information content (AvgIpc) is 3.10. The number of ether oxygens (including phenoxy) is 2. The van der Waals surface area contributed by atoms with Crippen LogP contribution in [0.2, 0.25) is 0 Å². The summed E-state index contributed by atoms with van der Waals surface area (Å²) in [7, 11) is 1.51. The minimum Gasteiger partial charge on any atom is -0.475 e. The standard InChI is InChI=1S/C19H27FN2O3.C2HF3O2/c1-24-13-18(23)21-11-17-3-2-8-19(25-17)9-10-22(14-19)12-15-4-6-16(20)7-5-15;3-2(4,5)1(6)7/h4-7,17H,2-3,8-14H2,1H3,(H,21,23);(H,6,7)/t17-,19-;/m1./s1. The van der Waals surface area contributed by atoms with Crippen molar-refractivity contribution in [2.75, 3.05) is 33.4 Å². The fourth-order valence-corrected chi connectivity index (χ4v) is 3.89. The number of halogens is 4. The van der Waals surface area contributed by atoms with E-state index in [9.17, 15) is 22.4 Å². The maximum Gasteiger partial charge on any atom is 0.490 e. The molecule has 1 spiro atoms. The van der Waals surface area contributed by atoms with E-state index in [2.05, 4.69) is 10.2 Å². The predicted octanol–water partition coefficient (Wildman–Crippen LogP) is 2.74. The summed E-state index contributed by atoms with van der Waals surface area (Å²) < 4.78 is 56.0. The predicted molar refractivity (Wildman–Crippen MR) is 106 cm³/mol. The number of methoxy groups -OCH3 is 1. The van der Waals surface area contributed by atoms with Gasteiger partial charge in [0.05, 0.1) is 11.7 Å². The largest absolute Gasteiger partial charge is 0.490 e. The molecule has 1 amide bonds. The topological polar surface area (TPSA) is 88.1 Å². The number of likely N-dealkylation sites (tertiary alicyclic amines) is 1. The molecule has 2 heterocycles. The Morgan fingerprint density at radius 2 is 1.94 bits per heavy atom. The number of carboxylic acid groups (broad SMARTS) is 1. The summed E-state index contributed by atoms with van der Waals surface area (Å²) in [4.78, 5) is 22.8. The lowest BCUT2D eigenvalue weighted by molar-refractivity contribution is -0.192. The van der Waals surface area contributed by atoms with Gasteiger partial charge in [-0.25, -0.2) is 9.18 Å². The van der Waals surface area contributed by atoms with Crippen molar-refractivity contribution in [3.05, 3.63) is 35.6 Å². The zero-order valence-corrected chi connectivity index (χ0v) is 17.8. The molecule has 2 fully saturated rings. The van der Waals surface area contributed by atoms with Crippen LogP contribution >= 0.6 is 0 Å². The van der Waals surface area contributed by atoms with Gasteiger partial charge in [0.2, 0.25) is 5.91 Å². The highest BCUT2D eigenvalue weighted by molar-refractivity contribution is 5.77. The quantitative estimate of drug-likeness (QED) is 0.630. The lowest BCUT2D eigenvalue weighted by Gasteiger charge is -2.39. The summed E-state index contributed by atoms with van der Waals surface area (Å²) in [6.45, 7) is 3.33. The third-order valence-electron chi connectivity index (χ3n) is 5.33. The van der Waals surface area contributed by atoms with Crippen molar-refractivity contribution in [3.8, 4) is 0 Å². The van der Waals surface area contributed by atoms with Gasteiger partial charge in [-0.15, -0.1) is 0 Å². The van der Waals surface area contributed by atoms with Crippen molar-refractivity contribution in [1.82, 2.24) is 10.2 Å². The molecule has 0 aromatic heterocycles. The van der Waals surface area contributed by atoms with Gasteiger partial charge >= 0.3 is 12.1 Å². The molecular formula is C21H28F4N2O5. The summed E-state index contributed by atoms with van der Waals surface area (Å²) in [6, 6.07) is 6.71. The highest BCUT2D eigenvalue weighted by Crippen LogP contribution is 2.37. The Kier molecular flexibility index (Phi) is 9.41. The number of alkyl halides is 3. The Bertz CT molecular complexity index is 760. The number of carbonyl (C=O) groups is 2. The van der Waals surface area contributed by atoms with Crippen molar-refractivity contribution in [2.24, 2.45) is 0 Å². The maximum absolute atomic E-state index is 13.0. The van der Waals surface area contributed by atoms with E-state index in [1.54, 1.807) is 0 Å². The highest BCUT2D eigenvalue weighted by Gasteiger charge is 2.42. The van der Waals surface area contributed by atoms with Crippen molar-refractivity contribution in [1.29, 1.82) is 0 Å². The van der Waals surface area contributed by atoms with Gasteiger partial charge in [0.25, 0.3) is 0 Å². The zero-order chi connectivity index (χ0) is 23.8. The van der Waals surface area contributed by atoms with E-state index in [1.807, 2.05) is 12.1 Å². The van der Waals surface area contributed by atoms with Gasteiger partial charge in [-0.1, -0.05) is 12.1 Å². The van der Waals surface area contributed by atoms with Crippen molar-refractivity contribution < 1.29 is 41.7 Å². The van der Waals surface area contributed by atoms with Gasteiger partial charge in [0.1, 0.15) is 12.4 Å². The van der Waals surface area contributed by atoms with Crippen molar-refractivity contribution >= 4 is 11.9 Å². The minimum atomic E-state index is -5.08. The molecule has 0 radical (unpaired) electrons. The number of nitrogens with zero attached hydrogens (tertiary/aromatic N) is 1. The second-order valence-electron chi connectivity index (χ2n) is 7.94. The summed E-state index contributed by atoms with van der Waals surface area (Å²) >= 11 is 0. The molecule has 3 rings (SSSR count). The fraction of sp³-hybridized carbons (Fsp3) is 0.619. The molecule has 1 aromatic rings. The molecule has 0 aliphatic carbocycles. The van der Waals surface area contributed by atoms with Crippen LogP contribution in [0.3, 0.4) is 0 Å². The molecule has 2 aliphatic rings. The first-order chi connectivity index (χ1) is 15.0. The van der Waals surface area contributed by atoms with E-state index < -0.39 is 12.1 Å². The number of carbonyl (C=O) groups excluding carboxylic acids is 1. The first kappa shape index (κ1) is 26.0. The van der Waals surface area contributed by atoms with E-state index in [1.165, 1.54) is 19.2 Å². The van der Waals surface area contributed by atoms with Crippen LogP contribution in [0.15, 0.2) is 24.3 Å². The monoisotopic (exact) mass is 464 g/mol. The van der Waals surface area contributed by atoms with E-state index in [0.29, 0.717) is 6.54 Å². The lowest BCUT2D eigenvalue weighted by Crippen LogP contribution is -2.47. The molecule has 2 N–H and O–H groups in total. The first-order valence-corrected chi connectivity index (χ1v) is 10.2. The number of aliphatic carboxylic acids is 1. The van der Waals surface area contributed by atoms with Gasteiger partial charge in [-0.3, -0.25) is 9.69 Å². The summed E-state index contributed by atoms with van der Waals surface area (Å²) in [5.74, 6) is -3.06. The van der Waals surface area contributed by atoms with Crippen LogP contribution in [0.1, 0.15) is 31.2 Å². The van der Waals surface area contributed by atoms with E-state index in [-0.39, 0.29) is 30.0 Å². The van der Waals surface area contributed by atoms with Crippen LogP contribution in [-0.4, -0.2) is 73.1 Å². The summed E-state index contributed by atoms with van der Waals surface area (Å²) in [6.07, 6.45) is -0.839. The average molecular weight is 464 g/mol. The Balaban J connectivity index is 0.000000451. The molecule has 0 bridgehead atoms. The van der Waals surface area contributed by atoms with E-state index in [4.69, 9.17) is 19.4 Å². The van der Waals surface area contributed by atoms with Crippen LogP contribution in [-0.2, 0) is 25.6 Å². The SMILES string of the molecule is COCC(=O)NC[C@H]1CCC[C@]2(CCN(Cc3ccc(F)cc3)C2)O1.O=C(O)C(F)(F)F. The van der Waals surface area contributed by atoms with Gasteiger partial charge in [0.15, 0.2) is 0 Å². The molecule has 32 heavy (non-hydrogen) atoms. The highest BCUT2D eigenvalue weighted by atomic mass is 19.4. The normalized spacial score (nSPS) is 23.5. The number of benzene rings is 1. The Morgan fingerprint density at radius 1 is 1.28 bits per heavy atom. The Labute approximate surface area is 183 Å². The number of rotatable bonds is 6. The van der Waals surface area contributed by atoms with E-state index >= 15 is 0 Å². The third kappa shape index (κ3) is 8.36. The number of hydrogen-bond donors (Lipinski definition) is 2. The molecule has 7 nitrogen and oxygen atoms in total. The zero-order valence-electron chi connectivity index (χ0n) is 17.8. The molecule has 2 aliphatic heterocycles. The molecule has 2 atom stereocenters. The number of amides is 1. The third-order valence-corrected chi connectivity index (χ3v) is 5.33. The molecule has 2 saturated heterocycles. The molecule has 11 heteroatoms. The fourth-order valence-electron chi connectivity index (χ4n) is 3.89. The van der Waals surface area contributed by atoms with Gasteiger partial charge in [0, 0.05) is 33.3 Å². The smallest absolute Gasteiger partial charge is 0.475 e. The van der Waals surface area contributed by atoms with Crippen LogP contribution in [0.5, 0.6) is 0 Å². The number of hydrogen-bond acceptors (Lipinski definition) is 5. The lowest BCUT2D eigenvalue weighted by atomic mass is 9.90. The van der Waals surface area contributed by atoms with Crippen molar-refractivity contribution in [3.63, 3.8) is 0 Å². The molecule has 1 aromatic carbocycles. The number of carboxylic acids is 1. The van der Waals surface area contributed by atoms with Crippen molar-refractivity contribution in [2.45, 2.75) is 50.1 Å². The molecule has 0 saturated carbocycles. The number of nitrogens with one attached hydrogen (secondary N) is 1. The van der Waals surface area contributed by atoms with E-state index in [0.717, 1.165) is 50.9 Å². The molecular weight excluding hydrogens is 436 g/mol. The van der Waals surface area contributed by atoms with Gasteiger partial charge in [-0.2, -0.15) is 13.2 Å². The molecule has 180 valence electrons. The van der Waals surface area contributed by atoms with Crippen LogP contribution in [0.4, 0.5) is 17.6 Å². The summed E-state index contributed by atoms with van der Waals surface area (Å²) in [5, 5.41) is 10.0. The maximum atomic E-state index is 13.0. The van der Waals surface area contributed by atoms with Crippen LogP contribution in [0.25, 0.3) is 0 Å². The van der Waals surface area contributed by atoms with Crippen LogP contribution in [0, 0.1) is 5.82 Å². The van der Waals surface area contributed by atoms with Gasteiger partial charge in [-0.05, 0) is 43.4 Å². The summed E-state index contributed by atoms with van der Waals surface area (Å²) in [5.41, 5.74) is 1.02. The Morgan fingerprint density at radius 3 is 2.53 bits per heavy atom. The van der Waals surface area contributed by atoms with Gasteiger partial charge < -0.3 is 19.9 Å². The molecule has 0 unspecified atom stereocenters. The first-order valence-electron chi connectivity index (χ1n) is 10.2. The minimum absolute atomic E-state index is 0.0697. The second-order valence-corrected chi connectivity index (χ2v) is 7.94. The Hall–Kier alpha value is -2.24.